The first-order valence-electron chi connectivity index (χ1n) is 7.39. The van der Waals surface area contributed by atoms with Crippen LogP contribution in [0.1, 0.15) is 44.2 Å². The van der Waals surface area contributed by atoms with Gasteiger partial charge in [0.1, 0.15) is 0 Å². The van der Waals surface area contributed by atoms with Crippen molar-refractivity contribution >= 4 is 10.0 Å². The van der Waals surface area contributed by atoms with E-state index >= 15 is 0 Å². The molecule has 0 saturated carbocycles. The Kier molecular flexibility index (Phi) is 4.40. The molecular formula is C16H22N2O2S. The third-order valence-electron chi connectivity index (χ3n) is 4.86. The number of benzene rings is 1. The van der Waals surface area contributed by atoms with E-state index in [1.54, 1.807) is 29.4 Å². The van der Waals surface area contributed by atoms with Crippen molar-refractivity contribution in [2.75, 3.05) is 13.1 Å². The summed E-state index contributed by atoms with van der Waals surface area (Å²) in [5.74, 6) is 0. The van der Waals surface area contributed by atoms with Gasteiger partial charge in [-0.05, 0) is 55.4 Å². The fraction of sp³-hybridized carbons (Fsp3) is 0.562. The molecule has 4 nitrogen and oxygen atoms in total. The first-order valence-corrected chi connectivity index (χ1v) is 8.83. The van der Waals surface area contributed by atoms with Gasteiger partial charge in [0.2, 0.25) is 10.0 Å². The van der Waals surface area contributed by atoms with E-state index in [0.29, 0.717) is 29.1 Å². The van der Waals surface area contributed by atoms with Gasteiger partial charge < -0.3 is 0 Å². The minimum atomic E-state index is -3.45. The van der Waals surface area contributed by atoms with Gasteiger partial charge in [-0.3, -0.25) is 0 Å². The molecule has 0 N–H and O–H groups in total. The summed E-state index contributed by atoms with van der Waals surface area (Å²) in [5, 5.41) is 8.95. The van der Waals surface area contributed by atoms with Crippen molar-refractivity contribution in [2.45, 2.75) is 44.9 Å². The van der Waals surface area contributed by atoms with Gasteiger partial charge in [0, 0.05) is 13.1 Å². The van der Waals surface area contributed by atoms with Crippen molar-refractivity contribution in [3.05, 3.63) is 29.3 Å². The van der Waals surface area contributed by atoms with E-state index in [2.05, 4.69) is 19.9 Å². The summed E-state index contributed by atoms with van der Waals surface area (Å²) in [6.45, 7) is 7.21. The molecule has 5 heteroatoms. The first kappa shape index (κ1) is 16.0. The average molecular weight is 306 g/mol. The highest BCUT2D eigenvalue weighted by Crippen LogP contribution is 2.39. The van der Waals surface area contributed by atoms with E-state index in [1.807, 2.05) is 0 Å². The van der Waals surface area contributed by atoms with Crippen LogP contribution in [0.25, 0.3) is 0 Å². The number of rotatable bonds is 4. The topological polar surface area (TPSA) is 61.2 Å². The summed E-state index contributed by atoms with van der Waals surface area (Å²) in [6, 6.07) is 6.80. The van der Waals surface area contributed by atoms with Crippen LogP contribution in [0, 0.1) is 23.7 Å². The molecule has 1 aromatic rings. The average Bonchev–Trinajstić information content (AvgIpc) is 2.93. The SMILES string of the molecule is CCC1(CC)CCN(S(=O)(=O)c2ccc(C#N)c(C)c2)C1. The minimum Gasteiger partial charge on any atom is -0.207 e. The molecule has 0 atom stereocenters. The van der Waals surface area contributed by atoms with Gasteiger partial charge in [0.05, 0.1) is 16.5 Å². The molecule has 1 aliphatic heterocycles. The van der Waals surface area contributed by atoms with E-state index in [-0.39, 0.29) is 5.41 Å². The second-order valence-electron chi connectivity index (χ2n) is 5.88. The molecule has 114 valence electrons. The zero-order valence-electron chi connectivity index (χ0n) is 12.9. The lowest BCUT2D eigenvalue weighted by molar-refractivity contribution is 0.279. The van der Waals surface area contributed by atoms with Gasteiger partial charge in [-0.1, -0.05) is 13.8 Å². The summed E-state index contributed by atoms with van der Waals surface area (Å²) < 4.78 is 27.1. The molecule has 0 aliphatic carbocycles. The number of aryl methyl sites for hydroxylation is 1. The quantitative estimate of drug-likeness (QED) is 0.859. The molecule has 0 bridgehead atoms. The van der Waals surface area contributed by atoms with Crippen LogP contribution in [0.4, 0.5) is 0 Å². The Bertz CT molecular complexity index is 670. The first-order chi connectivity index (χ1) is 9.88. The number of hydrogen-bond donors (Lipinski definition) is 0. The Morgan fingerprint density at radius 3 is 2.48 bits per heavy atom. The van der Waals surface area contributed by atoms with Gasteiger partial charge in [-0.25, -0.2) is 8.42 Å². The van der Waals surface area contributed by atoms with Crippen LogP contribution in [0.5, 0.6) is 0 Å². The van der Waals surface area contributed by atoms with Crippen molar-refractivity contribution < 1.29 is 8.42 Å². The van der Waals surface area contributed by atoms with E-state index in [4.69, 9.17) is 5.26 Å². The molecule has 21 heavy (non-hydrogen) atoms. The van der Waals surface area contributed by atoms with Gasteiger partial charge in [-0.2, -0.15) is 9.57 Å². The van der Waals surface area contributed by atoms with Gasteiger partial charge in [0.25, 0.3) is 0 Å². The van der Waals surface area contributed by atoms with E-state index in [1.165, 1.54) is 0 Å². The van der Waals surface area contributed by atoms with Crippen molar-refractivity contribution in [1.82, 2.24) is 4.31 Å². The van der Waals surface area contributed by atoms with Crippen LogP contribution in [0.15, 0.2) is 23.1 Å². The standard InChI is InChI=1S/C16H22N2O2S/c1-4-16(5-2)8-9-18(12-16)21(19,20)15-7-6-14(11-17)13(3)10-15/h6-7,10H,4-5,8-9,12H2,1-3H3. The van der Waals surface area contributed by atoms with Crippen molar-refractivity contribution in [3.8, 4) is 6.07 Å². The summed E-state index contributed by atoms with van der Waals surface area (Å²) in [4.78, 5) is 0.294. The van der Waals surface area contributed by atoms with Crippen LogP contribution in [-0.2, 0) is 10.0 Å². The monoisotopic (exact) mass is 306 g/mol. The number of sulfonamides is 1. The van der Waals surface area contributed by atoms with Crippen molar-refractivity contribution in [2.24, 2.45) is 5.41 Å². The minimum absolute atomic E-state index is 0.120. The molecule has 0 spiro atoms. The second kappa shape index (κ2) is 5.78. The predicted octanol–water partition coefficient (Wildman–Crippen LogP) is 3.07. The third kappa shape index (κ3) is 2.83. The molecule has 1 saturated heterocycles. The van der Waals surface area contributed by atoms with Crippen molar-refractivity contribution in [3.63, 3.8) is 0 Å². The highest BCUT2D eigenvalue weighted by molar-refractivity contribution is 7.89. The van der Waals surface area contributed by atoms with E-state index < -0.39 is 10.0 Å². The third-order valence-corrected chi connectivity index (χ3v) is 6.70. The van der Waals surface area contributed by atoms with Crippen LogP contribution < -0.4 is 0 Å². The maximum atomic E-state index is 12.7. The largest absolute Gasteiger partial charge is 0.243 e. The highest BCUT2D eigenvalue weighted by Gasteiger charge is 2.40. The van der Waals surface area contributed by atoms with Gasteiger partial charge in [-0.15, -0.1) is 0 Å². The van der Waals surface area contributed by atoms with Crippen molar-refractivity contribution in [1.29, 1.82) is 5.26 Å². The summed E-state index contributed by atoms with van der Waals surface area (Å²) in [6.07, 6.45) is 2.93. The molecular weight excluding hydrogens is 284 g/mol. The maximum absolute atomic E-state index is 12.7. The second-order valence-corrected chi connectivity index (χ2v) is 7.82. The zero-order chi connectivity index (χ0) is 15.7. The Hall–Kier alpha value is -1.38. The predicted molar refractivity (Wildman–Crippen MR) is 82.3 cm³/mol. The lowest BCUT2D eigenvalue weighted by Crippen LogP contribution is -2.32. The molecule has 0 radical (unpaired) electrons. The van der Waals surface area contributed by atoms with Crippen LogP contribution in [0.3, 0.4) is 0 Å². The fourth-order valence-electron chi connectivity index (χ4n) is 3.00. The van der Waals surface area contributed by atoms with Gasteiger partial charge >= 0.3 is 0 Å². The molecule has 1 aromatic carbocycles. The Labute approximate surface area is 127 Å². The number of nitrogens with zero attached hydrogens (tertiary/aromatic N) is 2. The molecule has 0 amide bonds. The van der Waals surface area contributed by atoms with E-state index in [0.717, 1.165) is 19.3 Å². The normalized spacial score (nSPS) is 18.6. The van der Waals surface area contributed by atoms with E-state index in [9.17, 15) is 8.42 Å². The Morgan fingerprint density at radius 1 is 1.33 bits per heavy atom. The lowest BCUT2D eigenvalue weighted by atomic mass is 9.82. The molecule has 2 rings (SSSR count). The van der Waals surface area contributed by atoms with Crippen LogP contribution >= 0.6 is 0 Å². The fourth-order valence-corrected chi connectivity index (χ4v) is 4.64. The van der Waals surface area contributed by atoms with Crippen LogP contribution in [-0.4, -0.2) is 25.8 Å². The Balaban J connectivity index is 2.32. The Morgan fingerprint density at radius 2 is 2.00 bits per heavy atom. The zero-order valence-corrected chi connectivity index (χ0v) is 13.7. The lowest BCUT2D eigenvalue weighted by Gasteiger charge is -2.26. The number of nitriles is 1. The smallest absolute Gasteiger partial charge is 0.207 e. The number of hydrogen-bond acceptors (Lipinski definition) is 3. The molecule has 1 aliphatic rings. The van der Waals surface area contributed by atoms with Gasteiger partial charge in [0.15, 0.2) is 0 Å². The maximum Gasteiger partial charge on any atom is 0.243 e. The molecule has 1 fully saturated rings. The molecule has 1 heterocycles. The summed E-state index contributed by atoms with van der Waals surface area (Å²) in [5.41, 5.74) is 1.34. The summed E-state index contributed by atoms with van der Waals surface area (Å²) >= 11 is 0. The molecule has 0 aromatic heterocycles. The van der Waals surface area contributed by atoms with Crippen LogP contribution in [0.2, 0.25) is 0 Å². The summed E-state index contributed by atoms with van der Waals surface area (Å²) in [7, 11) is -3.45. The molecule has 0 unspecified atom stereocenters. The highest BCUT2D eigenvalue weighted by atomic mass is 32.2.